The van der Waals surface area contributed by atoms with Gasteiger partial charge in [-0.1, -0.05) is 22.6 Å². The van der Waals surface area contributed by atoms with Crippen LogP contribution in [0.15, 0.2) is 24.3 Å². The summed E-state index contributed by atoms with van der Waals surface area (Å²) in [5.74, 6) is 0.652. The molecule has 17 heavy (non-hydrogen) atoms. The van der Waals surface area contributed by atoms with Crippen molar-refractivity contribution >= 4 is 28.3 Å². The number of nitro benzene ring substituents is 1. The Kier molecular flexibility index (Phi) is 6.20. The lowest BCUT2D eigenvalue weighted by molar-refractivity contribution is -0.384. The molecule has 0 saturated heterocycles. The van der Waals surface area contributed by atoms with Crippen LogP contribution >= 0.6 is 22.6 Å². The summed E-state index contributed by atoms with van der Waals surface area (Å²) in [6, 6.07) is 6.57. The Labute approximate surface area is 114 Å². The number of nitro groups is 1. The first-order valence-corrected chi connectivity index (χ1v) is 6.82. The van der Waals surface area contributed by atoms with Crippen molar-refractivity contribution < 1.29 is 9.66 Å². The number of halogens is 1. The molecule has 1 aromatic carbocycles. The normalized spacial score (nSPS) is 12.1. The quantitative estimate of drug-likeness (QED) is 0.270. The van der Waals surface area contributed by atoms with Crippen LogP contribution in [0.2, 0.25) is 0 Å². The van der Waals surface area contributed by atoms with Crippen LogP contribution < -0.4 is 10.1 Å². The molecule has 0 bridgehead atoms. The highest BCUT2D eigenvalue weighted by molar-refractivity contribution is 14.1. The van der Waals surface area contributed by atoms with E-state index in [1.54, 1.807) is 12.1 Å². The number of alkyl halides is 1. The van der Waals surface area contributed by atoms with Gasteiger partial charge in [0.25, 0.3) is 5.69 Å². The largest absolute Gasteiger partial charge is 0.492 e. The van der Waals surface area contributed by atoms with Crippen LogP contribution in [0.4, 0.5) is 5.69 Å². The van der Waals surface area contributed by atoms with Gasteiger partial charge in [0.05, 0.1) is 4.92 Å². The predicted molar refractivity (Wildman–Crippen MR) is 74.9 cm³/mol. The van der Waals surface area contributed by atoms with Gasteiger partial charge < -0.3 is 10.1 Å². The minimum Gasteiger partial charge on any atom is -0.492 e. The number of ether oxygens (including phenoxy) is 1. The van der Waals surface area contributed by atoms with E-state index < -0.39 is 4.92 Å². The molecular formula is C11H15IN2O3. The number of nitrogens with zero attached hydrogens (tertiary/aromatic N) is 1. The summed E-state index contributed by atoms with van der Waals surface area (Å²) >= 11 is 2.32. The van der Waals surface area contributed by atoms with Gasteiger partial charge in [-0.2, -0.15) is 0 Å². The highest BCUT2D eigenvalue weighted by atomic mass is 127. The van der Waals surface area contributed by atoms with E-state index in [-0.39, 0.29) is 5.69 Å². The summed E-state index contributed by atoms with van der Waals surface area (Å²) < 4.78 is 6.50. The highest BCUT2D eigenvalue weighted by Gasteiger charge is 2.04. The SMILES string of the molecule is CC(CI)NCCOc1ccc([N+](=O)[O-])cc1. The Morgan fingerprint density at radius 3 is 2.65 bits per heavy atom. The standard InChI is InChI=1S/C11H15IN2O3/c1-9(8-12)13-6-7-17-11-4-2-10(3-5-11)14(15)16/h2-5,9,13H,6-8H2,1H3. The second-order valence-corrected chi connectivity index (χ2v) is 4.49. The first kappa shape index (κ1) is 14.2. The summed E-state index contributed by atoms with van der Waals surface area (Å²) in [7, 11) is 0. The number of hydrogen-bond donors (Lipinski definition) is 1. The molecule has 1 aromatic rings. The minimum atomic E-state index is -0.423. The first-order chi connectivity index (χ1) is 8.13. The van der Waals surface area contributed by atoms with Crippen molar-refractivity contribution in [2.45, 2.75) is 13.0 Å². The molecule has 0 fully saturated rings. The maximum absolute atomic E-state index is 10.4. The van der Waals surface area contributed by atoms with Gasteiger partial charge >= 0.3 is 0 Å². The Morgan fingerprint density at radius 1 is 1.47 bits per heavy atom. The smallest absolute Gasteiger partial charge is 0.269 e. The van der Waals surface area contributed by atoms with Crippen LogP contribution in [0.3, 0.4) is 0 Å². The van der Waals surface area contributed by atoms with Gasteiger partial charge in [-0.15, -0.1) is 0 Å². The molecule has 0 heterocycles. The minimum absolute atomic E-state index is 0.0778. The van der Waals surface area contributed by atoms with E-state index in [1.807, 2.05) is 0 Å². The second kappa shape index (κ2) is 7.44. The average Bonchev–Trinajstić information content (AvgIpc) is 2.34. The van der Waals surface area contributed by atoms with Crippen LogP contribution in [0.1, 0.15) is 6.92 Å². The summed E-state index contributed by atoms with van der Waals surface area (Å²) in [6.45, 7) is 3.43. The lowest BCUT2D eigenvalue weighted by Crippen LogP contribution is -2.31. The number of hydrogen-bond acceptors (Lipinski definition) is 4. The zero-order valence-corrected chi connectivity index (χ0v) is 11.7. The molecule has 1 rings (SSSR count). The van der Waals surface area contributed by atoms with Crippen molar-refractivity contribution in [2.75, 3.05) is 17.6 Å². The molecule has 0 aliphatic rings. The maximum atomic E-state index is 10.4. The van der Waals surface area contributed by atoms with Gasteiger partial charge in [-0.3, -0.25) is 10.1 Å². The fraction of sp³-hybridized carbons (Fsp3) is 0.455. The average molecular weight is 350 g/mol. The Balaban J connectivity index is 2.30. The van der Waals surface area contributed by atoms with Crippen molar-refractivity contribution in [1.82, 2.24) is 5.32 Å². The van der Waals surface area contributed by atoms with Crippen LogP contribution in [-0.4, -0.2) is 28.5 Å². The van der Waals surface area contributed by atoms with Gasteiger partial charge in [0, 0.05) is 29.1 Å². The lowest BCUT2D eigenvalue weighted by atomic mass is 10.3. The molecule has 0 saturated carbocycles. The lowest BCUT2D eigenvalue weighted by Gasteiger charge is -2.11. The fourth-order valence-corrected chi connectivity index (χ4v) is 1.50. The molecule has 6 heteroatoms. The highest BCUT2D eigenvalue weighted by Crippen LogP contribution is 2.16. The van der Waals surface area contributed by atoms with E-state index in [2.05, 4.69) is 34.8 Å². The Morgan fingerprint density at radius 2 is 2.12 bits per heavy atom. The van der Waals surface area contributed by atoms with E-state index in [0.717, 1.165) is 11.0 Å². The number of benzene rings is 1. The van der Waals surface area contributed by atoms with Crippen LogP contribution in [0.25, 0.3) is 0 Å². The number of non-ortho nitro benzene ring substituents is 1. The fourth-order valence-electron chi connectivity index (χ4n) is 1.19. The molecule has 1 atom stereocenters. The van der Waals surface area contributed by atoms with Crippen LogP contribution in [-0.2, 0) is 0 Å². The molecule has 0 radical (unpaired) electrons. The van der Waals surface area contributed by atoms with E-state index in [9.17, 15) is 10.1 Å². The molecule has 0 aliphatic carbocycles. The molecule has 5 nitrogen and oxygen atoms in total. The zero-order valence-electron chi connectivity index (χ0n) is 9.56. The van der Waals surface area contributed by atoms with Crippen molar-refractivity contribution in [1.29, 1.82) is 0 Å². The van der Waals surface area contributed by atoms with Crippen molar-refractivity contribution in [3.8, 4) is 5.75 Å². The third kappa shape index (κ3) is 5.31. The second-order valence-electron chi connectivity index (χ2n) is 3.61. The van der Waals surface area contributed by atoms with Gasteiger partial charge in [0.2, 0.25) is 0 Å². The molecule has 0 aromatic heterocycles. The van der Waals surface area contributed by atoms with Crippen LogP contribution in [0.5, 0.6) is 5.75 Å². The number of rotatable bonds is 7. The zero-order chi connectivity index (χ0) is 12.7. The third-order valence-electron chi connectivity index (χ3n) is 2.14. The maximum Gasteiger partial charge on any atom is 0.269 e. The molecule has 1 N–H and O–H groups in total. The molecular weight excluding hydrogens is 335 g/mol. The molecule has 1 unspecified atom stereocenters. The van der Waals surface area contributed by atoms with Gasteiger partial charge in [-0.05, 0) is 19.1 Å². The van der Waals surface area contributed by atoms with Crippen molar-refractivity contribution in [3.63, 3.8) is 0 Å². The van der Waals surface area contributed by atoms with E-state index in [4.69, 9.17) is 4.74 Å². The predicted octanol–water partition coefficient (Wildman–Crippen LogP) is 2.39. The molecule has 0 aliphatic heterocycles. The molecule has 0 spiro atoms. The summed E-state index contributed by atoms with van der Waals surface area (Å²) in [4.78, 5) is 10.0. The summed E-state index contributed by atoms with van der Waals surface area (Å²) in [5, 5.41) is 13.7. The van der Waals surface area contributed by atoms with Crippen molar-refractivity contribution in [2.24, 2.45) is 0 Å². The topological polar surface area (TPSA) is 64.4 Å². The Bertz CT molecular complexity index is 356. The van der Waals surface area contributed by atoms with E-state index in [0.29, 0.717) is 18.4 Å². The molecule has 94 valence electrons. The van der Waals surface area contributed by atoms with E-state index in [1.165, 1.54) is 12.1 Å². The van der Waals surface area contributed by atoms with Crippen molar-refractivity contribution in [3.05, 3.63) is 34.4 Å². The first-order valence-electron chi connectivity index (χ1n) is 5.30. The van der Waals surface area contributed by atoms with Gasteiger partial charge in [-0.25, -0.2) is 0 Å². The molecule has 0 amide bonds. The summed E-state index contributed by atoms with van der Waals surface area (Å²) in [6.07, 6.45) is 0. The number of nitrogens with one attached hydrogen (secondary N) is 1. The Hall–Kier alpha value is -0.890. The summed E-state index contributed by atoms with van der Waals surface area (Å²) in [5.41, 5.74) is 0.0778. The van der Waals surface area contributed by atoms with Crippen LogP contribution in [0, 0.1) is 10.1 Å². The monoisotopic (exact) mass is 350 g/mol. The van der Waals surface area contributed by atoms with Gasteiger partial charge in [0.15, 0.2) is 0 Å². The third-order valence-corrected chi connectivity index (χ3v) is 3.46. The van der Waals surface area contributed by atoms with E-state index >= 15 is 0 Å². The van der Waals surface area contributed by atoms with Gasteiger partial charge in [0.1, 0.15) is 12.4 Å².